The Kier molecular flexibility index (Phi) is 4.50. The average Bonchev–Trinajstić information content (AvgIpc) is 3.49. The van der Waals surface area contributed by atoms with Gasteiger partial charge in [0.15, 0.2) is 0 Å². The number of carbonyl (C=O) groups excluding carboxylic acids is 1. The Morgan fingerprint density at radius 1 is 1.23 bits per heavy atom. The van der Waals surface area contributed by atoms with Crippen molar-refractivity contribution in [1.82, 2.24) is 24.8 Å². The van der Waals surface area contributed by atoms with Gasteiger partial charge in [0.05, 0.1) is 11.4 Å². The van der Waals surface area contributed by atoms with E-state index in [-0.39, 0.29) is 11.9 Å². The second kappa shape index (κ2) is 7.33. The molecule has 1 aliphatic heterocycles. The highest BCUT2D eigenvalue weighted by Gasteiger charge is 2.27. The monoisotopic (exact) mass is 400 g/mol. The third-order valence-electron chi connectivity index (χ3n) is 5.75. The van der Waals surface area contributed by atoms with Crippen molar-refractivity contribution in [3.05, 3.63) is 66.1 Å². The number of H-pyrrole nitrogens is 1. The van der Waals surface area contributed by atoms with Crippen molar-refractivity contribution in [2.75, 3.05) is 18.0 Å². The molecule has 7 nitrogen and oxygen atoms in total. The molecule has 0 radical (unpaired) electrons. The Hall–Kier alpha value is -3.61. The smallest absolute Gasteiger partial charge is 0.268 e. The maximum atomic E-state index is 12.9. The minimum Gasteiger partial charge on any atom is -0.360 e. The highest BCUT2D eigenvalue weighted by molar-refractivity contribution is 5.99. The molecule has 4 heterocycles. The van der Waals surface area contributed by atoms with Gasteiger partial charge in [0.2, 0.25) is 5.95 Å². The summed E-state index contributed by atoms with van der Waals surface area (Å²) in [6.45, 7) is 3.57. The van der Waals surface area contributed by atoms with E-state index in [9.17, 15) is 4.79 Å². The third kappa shape index (κ3) is 3.32. The lowest BCUT2D eigenvalue weighted by Gasteiger charge is -2.17. The molecule has 1 atom stereocenters. The number of carbonyl (C=O) groups is 1. The molecule has 1 amide bonds. The molecule has 4 aromatic rings. The molecule has 3 aromatic heterocycles. The SMILES string of the molecule is Cc1ccc2c(c1)cc(C(=O)NC1CCN(c3nccc(-c4ccc[nH]4)n3)C1)n2C. The largest absolute Gasteiger partial charge is 0.360 e. The topological polar surface area (TPSA) is 78.8 Å². The van der Waals surface area contributed by atoms with Gasteiger partial charge >= 0.3 is 0 Å². The highest BCUT2D eigenvalue weighted by Crippen LogP contribution is 2.22. The van der Waals surface area contributed by atoms with E-state index in [1.165, 1.54) is 5.56 Å². The van der Waals surface area contributed by atoms with Crippen molar-refractivity contribution in [2.45, 2.75) is 19.4 Å². The number of nitrogens with zero attached hydrogens (tertiary/aromatic N) is 4. The van der Waals surface area contributed by atoms with Gasteiger partial charge in [-0.2, -0.15) is 0 Å². The van der Waals surface area contributed by atoms with Crippen molar-refractivity contribution < 1.29 is 4.79 Å². The lowest BCUT2D eigenvalue weighted by atomic mass is 10.2. The lowest BCUT2D eigenvalue weighted by molar-refractivity contribution is 0.0932. The van der Waals surface area contributed by atoms with Crippen molar-refractivity contribution in [2.24, 2.45) is 7.05 Å². The number of hydrogen-bond donors (Lipinski definition) is 2. The van der Waals surface area contributed by atoms with Crippen LogP contribution < -0.4 is 10.2 Å². The van der Waals surface area contributed by atoms with Gasteiger partial charge in [-0.15, -0.1) is 0 Å². The molecule has 1 unspecified atom stereocenters. The molecule has 1 fully saturated rings. The first-order chi connectivity index (χ1) is 14.6. The molecule has 0 spiro atoms. The summed E-state index contributed by atoms with van der Waals surface area (Å²) in [5.74, 6) is 0.651. The van der Waals surface area contributed by atoms with Gasteiger partial charge in [-0.05, 0) is 49.7 Å². The Bertz CT molecular complexity index is 1210. The first-order valence-electron chi connectivity index (χ1n) is 10.2. The number of amides is 1. The summed E-state index contributed by atoms with van der Waals surface area (Å²) in [5.41, 5.74) is 4.76. The molecule has 152 valence electrons. The minimum atomic E-state index is -0.0424. The molecule has 1 aromatic carbocycles. The van der Waals surface area contributed by atoms with Crippen LogP contribution in [0.25, 0.3) is 22.3 Å². The van der Waals surface area contributed by atoms with Crippen LogP contribution in [0, 0.1) is 6.92 Å². The van der Waals surface area contributed by atoms with Crippen LogP contribution in [0.5, 0.6) is 0 Å². The molecular formula is C23H24N6O. The van der Waals surface area contributed by atoms with Crippen LogP contribution in [-0.4, -0.2) is 44.6 Å². The number of benzene rings is 1. The molecule has 2 N–H and O–H groups in total. The fraction of sp³-hybridized carbons (Fsp3) is 0.261. The third-order valence-corrected chi connectivity index (χ3v) is 5.75. The van der Waals surface area contributed by atoms with Gasteiger partial charge in [0, 0.05) is 49.5 Å². The fourth-order valence-corrected chi connectivity index (χ4v) is 4.15. The highest BCUT2D eigenvalue weighted by atomic mass is 16.2. The van der Waals surface area contributed by atoms with Crippen LogP contribution in [0.4, 0.5) is 5.95 Å². The Morgan fingerprint density at radius 3 is 2.97 bits per heavy atom. The minimum absolute atomic E-state index is 0.0424. The van der Waals surface area contributed by atoms with Crippen molar-refractivity contribution >= 4 is 22.8 Å². The van der Waals surface area contributed by atoms with Crippen LogP contribution in [0.3, 0.4) is 0 Å². The maximum absolute atomic E-state index is 12.9. The second-order valence-corrected chi connectivity index (χ2v) is 7.88. The number of aromatic nitrogens is 4. The predicted molar refractivity (Wildman–Crippen MR) is 118 cm³/mol. The molecule has 1 aliphatic rings. The zero-order chi connectivity index (χ0) is 20.7. The van der Waals surface area contributed by atoms with Gasteiger partial charge in [-0.1, -0.05) is 11.6 Å². The van der Waals surface area contributed by atoms with Crippen LogP contribution in [0.1, 0.15) is 22.5 Å². The van der Waals surface area contributed by atoms with E-state index in [2.05, 4.69) is 50.3 Å². The van der Waals surface area contributed by atoms with Crippen LogP contribution in [0.15, 0.2) is 54.9 Å². The Labute approximate surface area is 174 Å². The molecule has 0 aliphatic carbocycles. The summed E-state index contributed by atoms with van der Waals surface area (Å²) in [6.07, 6.45) is 4.53. The zero-order valence-electron chi connectivity index (χ0n) is 17.1. The quantitative estimate of drug-likeness (QED) is 0.551. The summed E-state index contributed by atoms with van der Waals surface area (Å²) in [6, 6.07) is 14.1. The van der Waals surface area contributed by atoms with E-state index in [0.717, 1.165) is 35.3 Å². The standard InChI is InChI=1S/C23H24N6O/c1-15-5-6-20-16(12-15)13-21(28(20)2)22(30)26-17-8-11-29(14-17)23-25-10-7-19(27-23)18-4-3-9-24-18/h3-7,9-10,12-13,17,24H,8,11,14H2,1-2H3,(H,26,30). The lowest BCUT2D eigenvalue weighted by Crippen LogP contribution is -2.38. The molecule has 1 saturated heterocycles. The number of hydrogen-bond acceptors (Lipinski definition) is 4. The van der Waals surface area contributed by atoms with Crippen molar-refractivity contribution in [3.63, 3.8) is 0 Å². The van der Waals surface area contributed by atoms with E-state index < -0.39 is 0 Å². The van der Waals surface area contributed by atoms with Crippen LogP contribution in [-0.2, 0) is 7.05 Å². The molecule has 0 saturated carbocycles. The van der Waals surface area contributed by atoms with E-state index in [1.807, 2.05) is 42.1 Å². The number of nitrogens with one attached hydrogen (secondary N) is 2. The first-order valence-corrected chi connectivity index (χ1v) is 10.2. The molecule has 5 rings (SSSR count). The number of aryl methyl sites for hydroxylation is 2. The van der Waals surface area contributed by atoms with Gasteiger partial charge in [-0.3, -0.25) is 4.79 Å². The average molecular weight is 400 g/mol. The van der Waals surface area contributed by atoms with Gasteiger partial charge in [0.25, 0.3) is 5.91 Å². The van der Waals surface area contributed by atoms with E-state index in [0.29, 0.717) is 18.2 Å². The summed E-state index contributed by atoms with van der Waals surface area (Å²) in [5, 5.41) is 4.28. The number of fused-ring (bicyclic) bond motifs is 1. The van der Waals surface area contributed by atoms with Crippen molar-refractivity contribution in [1.29, 1.82) is 0 Å². The Morgan fingerprint density at radius 2 is 2.13 bits per heavy atom. The van der Waals surface area contributed by atoms with Crippen LogP contribution >= 0.6 is 0 Å². The first kappa shape index (κ1) is 18.4. The summed E-state index contributed by atoms with van der Waals surface area (Å²) in [4.78, 5) is 27.4. The molecule has 0 bridgehead atoms. The van der Waals surface area contributed by atoms with Gasteiger partial charge in [0.1, 0.15) is 5.69 Å². The number of anilines is 1. The van der Waals surface area contributed by atoms with E-state index in [1.54, 1.807) is 6.20 Å². The summed E-state index contributed by atoms with van der Waals surface area (Å²) in [7, 11) is 1.94. The summed E-state index contributed by atoms with van der Waals surface area (Å²) < 4.78 is 1.96. The molecule has 30 heavy (non-hydrogen) atoms. The van der Waals surface area contributed by atoms with Crippen LogP contribution in [0.2, 0.25) is 0 Å². The molecule has 7 heteroatoms. The normalized spacial score (nSPS) is 16.3. The molecular weight excluding hydrogens is 376 g/mol. The van der Waals surface area contributed by atoms with Gasteiger partial charge in [-0.25, -0.2) is 9.97 Å². The Balaban J connectivity index is 1.29. The number of rotatable bonds is 4. The van der Waals surface area contributed by atoms with Crippen molar-refractivity contribution in [3.8, 4) is 11.4 Å². The summed E-state index contributed by atoms with van der Waals surface area (Å²) >= 11 is 0. The zero-order valence-corrected chi connectivity index (χ0v) is 17.1. The van der Waals surface area contributed by atoms with E-state index >= 15 is 0 Å². The predicted octanol–water partition coefficient (Wildman–Crippen LogP) is 3.28. The maximum Gasteiger partial charge on any atom is 0.268 e. The van der Waals surface area contributed by atoms with Gasteiger partial charge < -0.3 is 19.8 Å². The second-order valence-electron chi connectivity index (χ2n) is 7.88. The number of aromatic amines is 1. The fourth-order valence-electron chi connectivity index (χ4n) is 4.15. The van der Waals surface area contributed by atoms with E-state index in [4.69, 9.17) is 0 Å².